The van der Waals surface area contributed by atoms with E-state index in [0.29, 0.717) is 6.54 Å². The fourth-order valence-electron chi connectivity index (χ4n) is 2.53. The number of benzene rings is 1. The van der Waals surface area contributed by atoms with Gasteiger partial charge in [-0.2, -0.15) is 0 Å². The molecule has 0 amide bonds. The first-order valence-corrected chi connectivity index (χ1v) is 8.33. The van der Waals surface area contributed by atoms with E-state index in [2.05, 4.69) is 78.8 Å². The summed E-state index contributed by atoms with van der Waals surface area (Å²) < 4.78 is 12.2. The van der Waals surface area contributed by atoms with Crippen molar-refractivity contribution in [3.8, 4) is 0 Å². The van der Waals surface area contributed by atoms with Crippen LogP contribution in [0.3, 0.4) is 0 Å². The lowest BCUT2D eigenvalue weighted by molar-refractivity contribution is 0.00578. The third kappa shape index (κ3) is 3.88. The van der Waals surface area contributed by atoms with E-state index < -0.39 is 0 Å². The highest BCUT2D eigenvalue weighted by molar-refractivity contribution is 6.55. The minimum atomic E-state index is -0.386. The summed E-state index contributed by atoms with van der Waals surface area (Å²) in [6.07, 6.45) is 2.09. The summed E-state index contributed by atoms with van der Waals surface area (Å²) in [6, 6.07) is 8.55. The second-order valence-electron chi connectivity index (χ2n) is 8.39. The molecular weight excluding hydrogens is 285 g/mol. The molecule has 126 valence electrons. The second kappa shape index (κ2) is 6.08. The van der Waals surface area contributed by atoms with Crippen LogP contribution in [0.25, 0.3) is 6.08 Å². The number of rotatable bonds is 3. The molecule has 1 saturated heterocycles. The molecule has 3 nitrogen and oxygen atoms in total. The van der Waals surface area contributed by atoms with Crippen LogP contribution >= 0.6 is 0 Å². The second-order valence-corrected chi connectivity index (χ2v) is 8.39. The highest BCUT2D eigenvalue weighted by Gasteiger charge is 2.52. The normalized spacial score (nSPS) is 20.9. The Kier molecular flexibility index (Phi) is 4.82. The van der Waals surface area contributed by atoms with Crippen molar-refractivity contribution in [3.05, 3.63) is 40.9 Å². The van der Waals surface area contributed by atoms with Crippen LogP contribution in [-0.2, 0) is 14.7 Å². The third-order valence-electron chi connectivity index (χ3n) is 4.90. The molecule has 0 aliphatic carbocycles. The zero-order valence-electron chi connectivity index (χ0n) is 15.6. The number of nitrogens with two attached hydrogens (primary N) is 1. The van der Waals surface area contributed by atoms with E-state index in [-0.39, 0.29) is 23.7 Å². The summed E-state index contributed by atoms with van der Waals surface area (Å²) in [4.78, 5) is 0. The van der Waals surface area contributed by atoms with Crippen molar-refractivity contribution < 1.29 is 9.31 Å². The molecule has 0 radical (unpaired) electrons. The first kappa shape index (κ1) is 18.2. The average Bonchev–Trinajstić information content (AvgIpc) is 2.64. The molecule has 1 heterocycles. The van der Waals surface area contributed by atoms with E-state index >= 15 is 0 Å². The van der Waals surface area contributed by atoms with Crippen LogP contribution in [0.15, 0.2) is 29.7 Å². The van der Waals surface area contributed by atoms with Crippen LogP contribution in [0.1, 0.15) is 59.6 Å². The maximum Gasteiger partial charge on any atom is 0.491 e. The Morgan fingerprint density at radius 2 is 1.70 bits per heavy atom. The zero-order valence-corrected chi connectivity index (χ0v) is 15.6. The minimum absolute atomic E-state index is 0.122. The van der Waals surface area contributed by atoms with Crippen LogP contribution in [0, 0.1) is 0 Å². The molecule has 23 heavy (non-hydrogen) atoms. The summed E-state index contributed by atoms with van der Waals surface area (Å²) >= 11 is 0. The van der Waals surface area contributed by atoms with Crippen molar-refractivity contribution in [2.75, 3.05) is 6.54 Å². The van der Waals surface area contributed by atoms with Gasteiger partial charge in [0.05, 0.1) is 11.2 Å². The van der Waals surface area contributed by atoms with Gasteiger partial charge in [0.1, 0.15) is 0 Å². The molecule has 0 spiro atoms. The SMILES string of the molecule is CC(C)(C)c1cccc(C=C(CN)B2OC(C)(C)C(C)(C)O2)c1. The van der Waals surface area contributed by atoms with Crippen LogP contribution < -0.4 is 5.73 Å². The van der Waals surface area contributed by atoms with Gasteiger partial charge in [-0.15, -0.1) is 0 Å². The lowest BCUT2D eigenvalue weighted by atomic mass is 9.76. The van der Waals surface area contributed by atoms with Crippen molar-refractivity contribution in [2.24, 2.45) is 5.73 Å². The molecule has 1 fully saturated rings. The minimum Gasteiger partial charge on any atom is -0.400 e. The third-order valence-corrected chi connectivity index (χ3v) is 4.90. The van der Waals surface area contributed by atoms with Gasteiger partial charge in [-0.25, -0.2) is 0 Å². The van der Waals surface area contributed by atoms with Crippen molar-refractivity contribution in [1.82, 2.24) is 0 Å². The fourth-order valence-corrected chi connectivity index (χ4v) is 2.53. The standard InChI is InChI=1S/C19H30BNO2/c1-17(2,3)15-10-8-9-14(11-15)12-16(13-21)20-22-18(4,5)19(6,7)23-20/h8-12H,13,21H2,1-7H3. The van der Waals surface area contributed by atoms with Crippen molar-refractivity contribution in [2.45, 2.75) is 65.1 Å². The van der Waals surface area contributed by atoms with Gasteiger partial charge in [0.25, 0.3) is 0 Å². The van der Waals surface area contributed by atoms with Crippen LogP contribution in [0.4, 0.5) is 0 Å². The maximum atomic E-state index is 6.12. The first-order valence-electron chi connectivity index (χ1n) is 8.33. The number of hydrogen-bond donors (Lipinski definition) is 1. The highest BCUT2D eigenvalue weighted by atomic mass is 16.7. The van der Waals surface area contributed by atoms with Gasteiger partial charge in [0.15, 0.2) is 0 Å². The van der Waals surface area contributed by atoms with Crippen molar-refractivity contribution >= 4 is 13.2 Å². The van der Waals surface area contributed by atoms with Crippen molar-refractivity contribution in [3.63, 3.8) is 0 Å². The Bertz CT molecular complexity index is 584. The van der Waals surface area contributed by atoms with Gasteiger partial charge in [0, 0.05) is 6.54 Å². The average molecular weight is 315 g/mol. The van der Waals surface area contributed by atoms with Gasteiger partial charge >= 0.3 is 7.12 Å². The predicted octanol–water partition coefficient (Wildman–Crippen LogP) is 3.96. The highest BCUT2D eigenvalue weighted by Crippen LogP contribution is 2.38. The molecule has 0 bridgehead atoms. The Morgan fingerprint density at radius 3 is 2.17 bits per heavy atom. The monoisotopic (exact) mass is 315 g/mol. The Hall–Kier alpha value is -1.10. The van der Waals surface area contributed by atoms with E-state index in [0.717, 1.165) is 11.0 Å². The molecular formula is C19H30BNO2. The van der Waals surface area contributed by atoms with E-state index in [1.165, 1.54) is 5.56 Å². The molecule has 0 aromatic heterocycles. The van der Waals surface area contributed by atoms with Gasteiger partial charge in [-0.05, 0) is 49.7 Å². The predicted molar refractivity (Wildman–Crippen MR) is 98.3 cm³/mol. The molecule has 4 heteroatoms. The van der Waals surface area contributed by atoms with E-state index in [9.17, 15) is 0 Å². The summed E-state index contributed by atoms with van der Waals surface area (Å²) in [5.74, 6) is 0. The topological polar surface area (TPSA) is 44.5 Å². The van der Waals surface area contributed by atoms with Crippen LogP contribution in [0.2, 0.25) is 0 Å². The lowest BCUT2D eigenvalue weighted by Gasteiger charge is -2.32. The molecule has 1 aromatic rings. The van der Waals surface area contributed by atoms with E-state index in [1.54, 1.807) is 0 Å². The molecule has 0 atom stereocenters. The molecule has 2 rings (SSSR count). The van der Waals surface area contributed by atoms with Crippen LogP contribution in [0.5, 0.6) is 0 Å². The van der Waals surface area contributed by atoms with Crippen molar-refractivity contribution in [1.29, 1.82) is 0 Å². The summed E-state index contributed by atoms with van der Waals surface area (Å²) in [6.45, 7) is 15.3. The Labute approximate surface area is 141 Å². The van der Waals surface area contributed by atoms with Gasteiger partial charge in [-0.1, -0.05) is 51.1 Å². The molecule has 0 saturated carbocycles. The largest absolute Gasteiger partial charge is 0.491 e. The van der Waals surface area contributed by atoms with Gasteiger partial charge in [0.2, 0.25) is 0 Å². The smallest absolute Gasteiger partial charge is 0.400 e. The Morgan fingerprint density at radius 1 is 1.13 bits per heavy atom. The Balaban J connectivity index is 2.31. The lowest BCUT2D eigenvalue weighted by Crippen LogP contribution is -2.41. The van der Waals surface area contributed by atoms with E-state index in [1.807, 2.05) is 0 Å². The summed E-state index contributed by atoms with van der Waals surface area (Å²) in [7, 11) is -0.386. The molecule has 2 N–H and O–H groups in total. The van der Waals surface area contributed by atoms with E-state index in [4.69, 9.17) is 15.0 Å². The van der Waals surface area contributed by atoms with Gasteiger partial charge < -0.3 is 15.0 Å². The molecule has 1 aromatic carbocycles. The summed E-state index contributed by atoms with van der Waals surface area (Å²) in [5, 5.41) is 0. The molecule has 0 unspecified atom stereocenters. The number of hydrogen-bond acceptors (Lipinski definition) is 3. The maximum absolute atomic E-state index is 6.12. The molecule has 1 aliphatic heterocycles. The van der Waals surface area contributed by atoms with Gasteiger partial charge in [-0.3, -0.25) is 0 Å². The quantitative estimate of drug-likeness (QED) is 0.859. The fraction of sp³-hybridized carbons (Fsp3) is 0.579. The summed E-state index contributed by atoms with van der Waals surface area (Å²) in [5.41, 5.74) is 8.80. The first-order chi connectivity index (χ1) is 10.5. The molecule has 1 aliphatic rings. The zero-order chi connectivity index (χ0) is 17.5. The van der Waals surface area contributed by atoms with Crippen LogP contribution in [-0.4, -0.2) is 24.9 Å².